The Bertz CT molecular complexity index is 2960. The van der Waals surface area contributed by atoms with Crippen LogP contribution >= 0.6 is 23.1 Å². The van der Waals surface area contributed by atoms with Crippen molar-refractivity contribution in [3.63, 3.8) is 0 Å². The van der Waals surface area contributed by atoms with Crippen LogP contribution in [0.2, 0.25) is 0 Å². The fourth-order valence-electron chi connectivity index (χ4n) is 8.76. The van der Waals surface area contributed by atoms with Crippen LogP contribution < -0.4 is 9.80 Å². The Morgan fingerprint density at radius 1 is 0.500 bits per heavy atom. The van der Waals surface area contributed by atoms with E-state index in [2.05, 4.69) is 216 Å². The molecule has 4 heteroatoms. The SMILES string of the molecule is C1=CC(N(c2ccccc2)c2ccc3sc4cccc(N(c5ccccc5)c5ccc(-c6cccc7ccccc67)cc5)c4c3c2)C2C(=C1)Sc1ccccc12. The van der Waals surface area contributed by atoms with Gasteiger partial charge in [-0.25, -0.2) is 0 Å². The summed E-state index contributed by atoms with van der Waals surface area (Å²) in [6.07, 6.45) is 6.96. The van der Waals surface area contributed by atoms with E-state index >= 15 is 0 Å². The summed E-state index contributed by atoms with van der Waals surface area (Å²) in [6.45, 7) is 0. The van der Waals surface area contributed by atoms with Crippen molar-refractivity contribution < 1.29 is 0 Å². The third kappa shape index (κ3) is 5.56. The second-order valence-electron chi connectivity index (χ2n) is 14.4. The van der Waals surface area contributed by atoms with Crippen LogP contribution in [0.3, 0.4) is 0 Å². The summed E-state index contributed by atoms with van der Waals surface area (Å²) in [5.74, 6) is 0.261. The molecule has 0 spiro atoms. The van der Waals surface area contributed by atoms with Crippen LogP contribution in [0.1, 0.15) is 11.5 Å². The molecule has 2 unspecified atom stereocenters. The number of allylic oxidation sites excluding steroid dienone is 2. The monoisotopic (exact) mass is 752 g/mol. The lowest BCUT2D eigenvalue weighted by molar-refractivity contribution is 0.682. The van der Waals surface area contributed by atoms with Crippen LogP contribution in [0.4, 0.5) is 28.4 Å². The average molecular weight is 753 g/mol. The van der Waals surface area contributed by atoms with Crippen LogP contribution in [0.5, 0.6) is 0 Å². The lowest BCUT2D eigenvalue weighted by Gasteiger charge is -2.37. The van der Waals surface area contributed by atoms with Gasteiger partial charge in [-0.15, -0.1) is 11.3 Å². The molecule has 1 aliphatic carbocycles. The zero-order valence-electron chi connectivity index (χ0n) is 30.5. The molecule has 0 amide bonds. The number of thiophene rings is 1. The molecule has 2 aliphatic rings. The van der Waals surface area contributed by atoms with Gasteiger partial charge in [-0.1, -0.05) is 145 Å². The van der Waals surface area contributed by atoms with Gasteiger partial charge in [0.1, 0.15) is 0 Å². The molecular formula is C52H36N2S2. The molecule has 2 nitrogen and oxygen atoms in total. The maximum Gasteiger partial charge on any atom is 0.0640 e. The van der Waals surface area contributed by atoms with Gasteiger partial charge in [0, 0.05) is 53.7 Å². The van der Waals surface area contributed by atoms with E-state index in [4.69, 9.17) is 0 Å². The molecule has 56 heavy (non-hydrogen) atoms. The largest absolute Gasteiger partial charge is 0.334 e. The molecule has 0 N–H and O–H groups in total. The maximum absolute atomic E-state index is 2.56. The Hall–Kier alpha value is -6.33. The van der Waals surface area contributed by atoms with Gasteiger partial charge in [-0.3, -0.25) is 0 Å². The van der Waals surface area contributed by atoms with Gasteiger partial charge >= 0.3 is 0 Å². The topological polar surface area (TPSA) is 6.48 Å². The van der Waals surface area contributed by atoms with E-state index in [9.17, 15) is 0 Å². The molecule has 1 aliphatic heterocycles. The molecule has 266 valence electrons. The van der Waals surface area contributed by atoms with Gasteiger partial charge in [-0.2, -0.15) is 0 Å². The van der Waals surface area contributed by atoms with Gasteiger partial charge in [0.2, 0.25) is 0 Å². The lowest BCUT2D eigenvalue weighted by atomic mass is 9.86. The normalized spacial score (nSPS) is 15.8. The summed E-state index contributed by atoms with van der Waals surface area (Å²) in [5.41, 5.74) is 9.67. The quantitative estimate of drug-likeness (QED) is 0.160. The predicted octanol–water partition coefficient (Wildman–Crippen LogP) is 15.2. The molecule has 0 bridgehead atoms. The molecule has 9 aromatic rings. The number of anilines is 5. The Morgan fingerprint density at radius 3 is 2.05 bits per heavy atom. The summed E-state index contributed by atoms with van der Waals surface area (Å²) in [5, 5.41) is 5.06. The number of rotatable bonds is 7. The summed E-state index contributed by atoms with van der Waals surface area (Å²) >= 11 is 3.79. The predicted molar refractivity (Wildman–Crippen MR) is 242 cm³/mol. The van der Waals surface area contributed by atoms with E-state index in [-0.39, 0.29) is 12.0 Å². The van der Waals surface area contributed by atoms with Gasteiger partial charge in [0.25, 0.3) is 0 Å². The first-order valence-corrected chi connectivity index (χ1v) is 20.8. The molecule has 11 rings (SSSR count). The standard InChI is InChI=1S/C52H36N2S2/c1-3-16-37(17-4-1)53(39-30-28-36(29-31-39)42-22-11-15-35-14-7-8-20-41(35)42)46-24-13-27-50-52(46)44-34-40(32-33-48(44)56-50)54(38-18-5-2-6-19-38)45-23-12-26-49-51(45)43-21-9-10-25-47(43)55-49/h1-34,45,51H. The highest BCUT2D eigenvalue weighted by atomic mass is 32.2. The van der Waals surface area contributed by atoms with Gasteiger partial charge in [-0.05, 0) is 105 Å². The Morgan fingerprint density at radius 2 is 1.20 bits per heavy atom. The Balaban J connectivity index is 1.07. The van der Waals surface area contributed by atoms with Crippen molar-refractivity contribution in [1.82, 2.24) is 0 Å². The maximum atomic E-state index is 2.56. The highest BCUT2D eigenvalue weighted by Crippen LogP contribution is 2.54. The van der Waals surface area contributed by atoms with E-state index in [0.29, 0.717) is 0 Å². The number of thioether (sulfide) groups is 1. The highest BCUT2D eigenvalue weighted by molar-refractivity contribution is 8.03. The highest BCUT2D eigenvalue weighted by Gasteiger charge is 2.38. The average Bonchev–Trinajstić information content (AvgIpc) is 3.84. The smallest absolute Gasteiger partial charge is 0.0640 e. The van der Waals surface area contributed by atoms with Crippen molar-refractivity contribution in [2.24, 2.45) is 0 Å². The van der Waals surface area contributed by atoms with E-state index < -0.39 is 0 Å². The number of benzene rings is 8. The first-order valence-electron chi connectivity index (χ1n) is 19.2. The zero-order chi connectivity index (χ0) is 37.0. The van der Waals surface area contributed by atoms with Gasteiger partial charge < -0.3 is 9.80 Å². The van der Waals surface area contributed by atoms with Crippen molar-refractivity contribution in [1.29, 1.82) is 0 Å². The fraction of sp³-hybridized carbons (Fsp3) is 0.0385. The first kappa shape index (κ1) is 33.0. The number of hydrogen-bond donors (Lipinski definition) is 0. The van der Waals surface area contributed by atoms with E-state index in [1.807, 2.05) is 23.1 Å². The summed E-state index contributed by atoms with van der Waals surface area (Å²) in [4.78, 5) is 7.76. The second kappa shape index (κ2) is 13.8. The molecule has 2 heterocycles. The molecular weight excluding hydrogens is 717 g/mol. The van der Waals surface area contributed by atoms with Crippen molar-refractivity contribution in [2.45, 2.75) is 16.9 Å². The number of para-hydroxylation sites is 2. The minimum atomic E-state index is 0.122. The zero-order valence-corrected chi connectivity index (χ0v) is 32.1. The van der Waals surface area contributed by atoms with Gasteiger partial charge in [0.05, 0.1) is 11.7 Å². The van der Waals surface area contributed by atoms with Crippen molar-refractivity contribution in [2.75, 3.05) is 9.80 Å². The third-order valence-corrected chi connectivity index (χ3v) is 13.6. The van der Waals surface area contributed by atoms with Crippen LogP contribution in [0, 0.1) is 0 Å². The van der Waals surface area contributed by atoms with Crippen molar-refractivity contribution in [3.8, 4) is 11.1 Å². The van der Waals surface area contributed by atoms with Crippen LogP contribution in [0.25, 0.3) is 42.1 Å². The molecule has 0 fully saturated rings. The lowest BCUT2D eigenvalue weighted by Crippen LogP contribution is -2.35. The third-order valence-electron chi connectivity index (χ3n) is 11.2. The van der Waals surface area contributed by atoms with Gasteiger partial charge in [0.15, 0.2) is 0 Å². The van der Waals surface area contributed by atoms with Crippen molar-refractivity contribution in [3.05, 3.63) is 217 Å². The van der Waals surface area contributed by atoms with Crippen molar-refractivity contribution >= 4 is 82.5 Å². The Labute approximate surface area is 335 Å². The molecule has 0 saturated heterocycles. The second-order valence-corrected chi connectivity index (χ2v) is 16.6. The summed E-state index contributed by atoms with van der Waals surface area (Å²) in [6, 6.07) is 68.9. The van der Waals surface area contributed by atoms with E-state index in [0.717, 1.165) is 11.4 Å². The minimum Gasteiger partial charge on any atom is -0.334 e. The van der Waals surface area contributed by atoms with E-state index in [1.54, 1.807) is 0 Å². The summed E-state index contributed by atoms with van der Waals surface area (Å²) < 4.78 is 2.56. The van der Waals surface area contributed by atoms with Crippen LogP contribution in [-0.2, 0) is 0 Å². The van der Waals surface area contributed by atoms with Crippen LogP contribution in [-0.4, -0.2) is 6.04 Å². The first-order chi connectivity index (χ1) is 27.8. The summed E-state index contributed by atoms with van der Waals surface area (Å²) in [7, 11) is 0. The molecule has 1 aromatic heterocycles. The molecule has 0 radical (unpaired) electrons. The molecule has 2 atom stereocenters. The number of fused-ring (bicyclic) bond motifs is 7. The Kier molecular flexibility index (Phi) is 8.12. The number of nitrogens with zero attached hydrogens (tertiary/aromatic N) is 2. The number of hydrogen-bond acceptors (Lipinski definition) is 4. The van der Waals surface area contributed by atoms with E-state index in [1.165, 1.54) is 74.5 Å². The molecule has 8 aromatic carbocycles. The minimum absolute atomic E-state index is 0.122. The molecule has 0 saturated carbocycles. The fourth-order valence-corrected chi connectivity index (χ4v) is 11.1. The van der Waals surface area contributed by atoms with Crippen LogP contribution in [0.15, 0.2) is 216 Å².